The van der Waals surface area contributed by atoms with Gasteiger partial charge in [-0.2, -0.15) is 11.8 Å². The van der Waals surface area contributed by atoms with Gasteiger partial charge < -0.3 is 21.1 Å². The van der Waals surface area contributed by atoms with Gasteiger partial charge in [0.2, 0.25) is 5.91 Å². The second kappa shape index (κ2) is 8.62. The van der Waals surface area contributed by atoms with Gasteiger partial charge >= 0.3 is 12.0 Å². The zero-order valence-electron chi connectivity index (χ0n) is 10.5. The van der Waals surface area contributed by atoms with E-state index < -0.39 is 31.0 Å². The number of nitrogens with zero attached hydrogens (tertiary/aromatic N) is 1. The Morgan fingerprint density at radius 2 is 2.00 bits per heavy atom. The third kappa shape index (κ3) is 7.77. The maximum absolute atomic E-state index is 11.7. The first kappa shape index (κ1) is 16.6. The summed E-state index contributed by atoms with van der Waals surface area (Å²) in [6.07, 6.45) is 2.72. The van der Waals surface area contributed by atoms with Gasteiger partial charge in [-0.15, -0.1) is 0 Å². The van der Waals surface area contributed by atoms with Crippen LogP contribution in [0.2, 0.25) is 0 Å². The number of amides is 3. The van der Waals surface area contributed by atoms with Crippen molar-refractivity contribution >= 4 is 29.7 Å². The zero-order valence-corrected chi connectivity index (χ0v) is 11.3. The first-order valence-electron chi connectivity index (χ1n) is 5.41. The maximum atomic E-state index is 11.7. The molecule has 0 bridgehead atoms. The summed E-state index contributed by atoms with van der Waals surface area (Å²) in [6.45, 7) is 0.856. The Kier molecular flexibility index (Phi) is 7.93. The molecule has 18 heavy (non-hydrogen) atoms. The Hall–Kier alpha value is -1.44. The molecule has 0 aromatic carbocycles. The lowest BCUT2D eigenvalue weighted by atomic mass is 10.2. The fraction of sp³-hybridized carbons (Fsp3) is 0.700. The molecule has 0 aliphatic carbocycles. The standard InChI is InChI=1S/C10H19N3O4S/c1-7(3-4-18-2)12-10(17)13(5-8(11)14)6-9(15)16/h7H,3-6H2,1-2H3,(H2,11,14)(H,12,17)(H,15,16). The van der Waals surface area contributed by atoms with Crippen LogP contribution in [0.15, 0.2) is 0 Å². The predicted octanol–water partition coefficient (Wildman–Crippen LogP) is -0.290. The summed E-state index contributed by atoms with van der Waals surface area (Å²) in [5.41, 5.74) is 4.96. The summed E-state index contributed by atoms with van der Waals surface area (Å²) in [4.78, 5) is 33.9. The number of urea groups is 1. The summed E-state index contributed by atoms with van der Waals surface area (Å²) in [6, 6.07) is -0.682. The highest BCUT2D eigenvalue weighted by molar-refractivity contribution is 7.98. The number of nitrogens with two attached hydrogens (primary N) is 1. The molecule has 7 nitrogen and oxygen atoms in total. The number of thioether (sulfide) groups is 1. The van der Waals surface area contributed by atoms with E-state index in [1.54, 1.807) is 11.8 Å². The van der Waals surface area contributed by atoms with Crippen molar-refractivity contribution in [1.29, 1.82) is 0 Å². The van der Waals surface area contributed by atoms with Crippen LogP contribution >= 0.6 is 11.8 Å². The van der Waals surface area contributed by atoms with Crippen molar-refractivity contribution in [2.45, 2.75) is 19.4 Å². The lowest BCUT2D eigenvalue weighted by Gasteiger charge is -2.22. The summed E-state index contributed by atoms with van der Waals surface area (Å²) in [5.74, 6) is -1.05. The normalized spacial score (nSPS) is 11.7. The number of carboxylic acids is 1. The van der Waals surface area contributed by atoms with Crippen molar-refractivity contribution in [3.05, 3.63) is 0 Å². The van der Waals surface area contributed by atoms with E-state index in [0.29, 0.717) is 0 Å². The highest BCUT2D eigenvalue weighted by Gasteiger charge is 2.19. The largest absolute Gasteiger partial charge is 0.480 e. The van der Waals surface area contributed by atoms with Crippen LogP contribution in [-0.4, -0.2) is 59.1 Å². The van der Waals surface area contributed by atoms with Crippen molar-refractivity contribution in [3.63, 3.8) is 0 Å². The molecular weight excluding hydrogens is 258 g/mol. The van der Waals surface area contributed by atoms with Gasteiger partial charge in [-0.1, -0.05) is 0 Å². The lowest BCUT2D eigenvalue weighted by molar-refractivity contribution is -0.137. The van der Waals surface area contributed by atoms with Gasteiger partial charge in [0.05, 0.1) is 0 Å². The van der Waals surface area contributed by atoms with Gasteiger partial charge in [-0.25, -0.2) is 4.79 Å². The molecule has 0 rings (SSSR count). The molecule has 0 fully saturated rings. The van der Waals surface area contributed by atoms with Crippen LogP contribution in [0.4, 0.5) is 4.79 Å². The van der Waals surface area contributed by atoms with Crippen molar-refractivity contribution in [3.8, 4) is 0 Å². The molecule has 0 heterocycles. The Balaban J connectivity index is 4.35. The molecule has 0 aliphatic rings. The van der Waals surface area contributed by atoms with Gasteiger partial charge in [0, 0.05) is 6.04 Å². The topological polar surface area (TPSA) is 113 Å². The number of primary amides is 1. The Bertz CT molecular complexity index is 295. The minimum atomic E-state index is -1.19. The molecular formula is C10H19N3O4S. The number of carboxylic acid groups (broad SMARTS) is 1. The average Bonchev–Trinajstić information content (AvgIpc) is 2.24. The van der Waals surface area contributed by atoms with Crippen molar-refractivity contribution < 1.29 is 19.5 Å². The van der Waals surface area contributed by atoms with Crippen molar-refractivity contribution in [2.24, 2.45) is 5.73 Å². The number of rotatable bonds is 8. The molecule has 4 N–H and O–H groups in total. The first-order chi connectivity index (χ1) is 8.36. The van der Waals surface area contributed by atoms with Crippen LogP contribution in [0.25, 0.3) is 0 Å². The molecule has 104 valence electrons. The zero-order chi connectivity index (χ0) is 14.1. The number of carbonyl (C=O) groups is 3. The van der Waals surface area contributed by atoms with Gasteiger partial charge in [0.25, 0.3) is 0 Å². The lowest BCUT2D eigenvalue weighted by Crippen LogP contribution is -2.49. The third-order valence-electron chi connectivity index (χ3n) is 2.08. The summed E-state index contributed by atoms with van der Waals surface area (Å²) >= 11 is 1.65. The smallest absolute Gasteiger partial charge is 0.323 e. The van der Waals surface area contributed by atoms with Gasteiger partial charge in [0.1, 0.15) is 13.1 Å². The SMILES string of the molecule is CSCCC(C)NC(=O)N(CC(N)=O)CC(=O)O. The molecule has 8 heteroatoms. The number of aliphatic carboxylic acids is 1. The van der Waals surface area contributed by atoms with Gasteiger partial charge in [-0.05, 0) is 25.4 Å². The van der Waals surface area contributed by atoms with Crippen LogP contribution in [-0.2, 0) is 9.59 Å². The van der Waals surface area contributed by atoms with Gasteiger partial charge in [0.15, 0.2) is 0 Å². The van der Waals surface area contributed by atoms with Crippen molar-refractivity contribution in [2.75, 3.05) is 25.1 Å². The minimum Gasteiger partial charge on any atom is -0.480 e. The van der Waals surface area contributed by atoms with E-state index in [4.69, 9.17) is 10.8 Å². The quantitative estimate of drug-likeness (QED) is 0.564. The van der Waals surface area contributed by atoms with E-state index in [2.05, 4.69) is 5.32 Å². The molecule has 0 aromatic rings. The minimum absolute atomic E-state index is 0.0888. The number of hydrogen-bond acceptors (Lipinski definition) is 4. The molecule has 0 radical (unpaired) electrons. The molecule has 1 atom stereocenters. The van der Waals surface area contributed by atoms with E-state index in [1.165, 1.54) is 0 Å². The second-order valence-corrected chi connectivity index (χ2v) is 4.83. The fourth-order valence-electron chi connectivity index (χ4n) is 1.22. The predicted molar refractivity (Wildman–Crippen MR) is 69.4 cm³/mol. The average molecular weight is 277 g/mol. The maximum Gasteiger partial charge on any atom is 0.323 e. The Morgan fingerprint density at radius 3 is 2.44 bits per heavy atom. The van der Waals surface area contributed by atoms with Crippen molar-refractivity contribution in [1.82, 2.24) is 10.2 Å². The van der Waals surface area contributed by atoms with E-state index in [-0.39, 0.29) is 6.04 Å². The van der Waals surface area contributed by atoms with Crippen LogP contribution < -0.4 is 11.1 Å². The fourth-order valence-corrected chi connectivity index (χ4v) is 1.81. The van der Waals surface area contributed by atoms with E-state index in [1.807, 2.05) is 13.2 Å². The molecule has 0 aliphatic heterocycles. The summed E-state index contributed by atoms with van der Waals surface area (Å²) in [5, 5.41) is 11.3. The second-order valence-electron chi connectivity index (χ2n) is 3.85. The Labute approximate surface area is 110 Å². The number of carbonyl (C=O) groups excluding carboxylic acids is 2. The molecule has 0 aromatic heterocycles. The third-order valence-corrected chi connectivity index (χ3v) is 2.73. The van der Waals surface area contributed by atoms with E-state index in [0.717, 1.165) is 17.1 Å². The van der Waals surface area contributed by atoms with Crippen LogP contribution in [0.3, 0.4) is 0 Å². The Morgan fingerprint density at radius 1 is 1.39 bits per heavy atom. The van der Waals surface area contributed by atoms with Crippen LogP contribution in [0.1, 0.15) is 13.3 Å². The molecule has 3 amide bonds. The highest BCUT2D eigenvalue weighted by Crippen LogP contribution is 2.01. The van der Waals surface area contributed by atoms with Gasteiger partial charge in [-0.3, -0.25) is 9.59 Å². The summed E-state index contributed by atoms with van der Waals surface area (Å²) < 4.78 is 0. The molecule has 0 saturated heterocycles. The number of hydrogen-bond donors (Lipinski definition) is 3. The highest BCUT2D eigenvalue weighted by atomic mass is 32.2. The molecule has 0 spiro atoms. The number of nitrogens with one attached hydrogen (secondary N) is 1. The van der Waals surface area contributed by atoms with E-state index in [9.17, 15) is 14.4 Å². The molecule has 0 saturated carbocycles. The first-order valence-corrected chi connectivity index (χ1v) is 6.80. The summed E-state index contributed by atoms with van der Waals surface area (Å²) in [7, 11) is 0. The van der Waals surface area contributed by atoms with Crippen LogP contribution in [0.5, 0.6) is 0 Å². The molecule has 1 unspecified atom stereocenters. The van der Waals surface area contributed by atoms with E-state index >= 15 is 0 Å². The monoisotopic (exact) mass is 277 g/mol. The van der Waals surface area contributed by atoms with Crippen LogP contribution in [0, 0.1) is 0 Å².